The molecule has 4 heterocycles. The van der Waals surface area contributed by atoms with Gasteiger partial charge in [0.2, 0.25) is 0 Å². The first-order valence-corrected chi connectivity index (χ1v) is 11.9. The standard InChI is InChI=1S/C23H29N5O2S/c29-23(20-5-3-17-30-20)24-28-11-8-18(9-12-28)7-10-26-13-15-27(16-14-26)22-19-4-1-2-6-21(19)31-25-22/h1-6,17-18H,7-16H2,(H,24,29). The summed E-state index contributed by atoms with van der Waals surface area (Å²) in [7, 11) is 0. The average molecular weight is 440 g/mol. The Morgan fingerprint density at radius 3 is 2.65 bits per heavy atom. The molecule has 1 aromatic carbocycles. The summed E-state index contributed by atoms with van der Waals surface area (Å²) in [5, 5.41) is 3.31. The molecule has 3 aromatic rings. The number of furan rings is 1. The van der Waals surface area contributed by atoms with E-state index in [-0.39, 0.29) is 5.91 Å². The first-order valence-electron chi connectivity index (χ1n) is 11.2. The van der Waals surface area contributed by atoms with Crippen LogP contribution in [0.1, 0.15) is 29.8 Å². The summed E-state index contributed by atoms with van der Waals surface area (Å²) in [6.07, 6.45) is 5.02. The van der Waals surface area contributed by atoms with Gasteiger partial charge in [-0.05, 0) is 67.5 Å². The number of piperazine rings is 1. The molecule has 2 aliphatic heterocycles. The van der Waals surface area contributed by atoms with Gasteiger partial charge in [0.15, 0.2) is 5.76 Å². The van der Waals surface area contributed by atoms with E-state index in [4.69, 9.17) is 8.79 Å². The van der Waals surface area contributed by atoms with E-state index in [0.717, 1.165) is 70.4 Å². The predicted molar refractivity (Wildman–Crippen MR) is 123 cm³/mol. The lowest BCUT2D eigenvalue weighted by atomic mass is 9.94. The topological polar surface area (TPSA) is 64.9 Å². The molecular weight excluding hydrogens is 410 g/mol. The SMILES string of the molecule is O=C(NN1CCC(CCN2CCN(c3nsc4ccccc34)CC2)CC1)c1ccco1. The van der Waals surface area contributed by atoms with E-state index in [1.54, 1.807) is 23.7 Å². The van der Waals surface area contributed by atoms with Crippen molar-refractivity contribution in [3.63, 3.8) is 0 Å². The van der Waals surface area contributed by atoms with Gasteiger partial charge in [-0.1, -0.05) is 12.1 Å². The molecule has 1 N–H and O–H groups in total. The summed E-state index contributed by atoms with van der Waals surface area (Å²) in [6, 6.07) is 12.0. The fourth-order valence-corrected chi connectivity index (χ4v) is 5.38. The summed E-state index contributed by atoms with van der Waals surface area (Å²) in [5.41, 5.74) is 2.96. The molecule has 0 atom stereocenters. The van der Waals surface area contributed by atoms with Gasteiger partial charge in [0.05, 0.1) is 11.0 Å². The van der Waals surface area contributed by atoms with Crippen molar-refractivity contribution in [2.24, 2.45) is 5.92 Å². The van der Waals surface area contributed by atoms with Crippen molar-refractivity contribution in [3.05, 3.63) is 48.4 Å². The Balaban J connectivity index is 1.03. The molecule has 2 saturated heterocycles. The van der Waals surface area contributed by atoms with Crippen LogP contribution in [0.2, 0.25) is 0 Å². The average Bonchev–Trinajstić information content (AvgIpc) is 3.49. The highest BCUT2D eigenvalue weighted by Crippen LogP contribution is 2.30. The highest BCUT2D eigenvalue weighted by molar-refractivity contribution is 7.13. The second kappa shape index (κ2) is 9.38. The second-order valence-electron chi connectivity index (χ2n) is 8.47. The minimum atomic E-state index is -0.158. The third kappa shape index (κ3) is 4.76. The van der Waals surface area contributed by atoms with Gasteiger partial charge in [0.1, 0.15) is 5.82 Å². The van der Waals surface area contributed by atoms with Crippen LogP contribution < -0.4 is 10.3 Å². The zero-order valence-electron chi connectivity index (χ0n) is 17.7. The lowest BCUT2D eigenvalue weighted by Crippen LogP contribution is -2.48. The number of piperidine rings is 1. The number of hydrazine groups is 1. The fourth-order valence-electron chi connectivity index (χ4n) is 4.59. The normalized spacial score (nSPS) is 19.2. The van der Waals surface area contributed by atoms with Crippen molar-refractivity contribution in [3.8, 4) is 0 Å². The van der Waals surface area contributed by atoms with Crippen molar-refractivity contribution in [1.82, 2.24) is 19.7 Å². The van der Waals surface area contributed by atoms with Crippen molar-refractivity contribution in [1.29, 1.82) is 0 Å². The molecular formula is C23H29N5O2S. The van der Waals surface area contributed by atoms with Gasteiger partial charge in [0, 0.05) is 44.7 Å². The van der Waals surface area contributed by atoms with Crippen molar-refractivity contribution >= 4 is 33.3 Å². The van der Waals surface area contributed by atoms with Crippen molar-refractivity contribution < 1.29 is 9.21 Å². The molecule has 164 valence electrons. The summed E-state index contributed by atoms with van der Waals surface area (Å²) >= 11 is 1.60. The van der Waals surface area contributed by atoms with Crippen LogP contribution in [0.15, 0.2) is 47.1 Å². The van der Waals surface area contributed by atoms with E-state index in [1.165, 1.54) is 22.8 Å². The molecule has 0 bridgehead atoms. The van der Waals surface area contributed by atoms with Gasteiger partial charge in [0.25, 0.3) is 0 Å². The van der Waals surface area contributed by atoms with E-state index in [1.807, 2.05) is 5.01 Å². The molecule has 2 aromatic heterocycles. The van der Waals surface area contributed by atoms with Crippen LogP contribution in [0, 0.1) is 5.92 Å². The molecule has 2 aliphatic rings. The van der Waals surface area contributed by atoms with Crippen LogP contribution in [0.5, 0.6) is 0 Å². The first kappa shape index (κ1) is 20.5. The van der Waals surface area contributed by atoms with E-state index < -0.39 is 0 Å². The molecule has 8 heteroatoms. The minimum absolute atomic E-state index is 0.158. The Morgan fingerprint density at radius 1 is 1.06 bits per heavy atom. The van der Waals surface area contributed by atoms with Gasteiger partial charge in [-0.3, -0.25) is 15.1 Å². The quantitative estimate of drug-likeness (QED) is 0.635. The van der Waals surface area contributed by atoms with Gasteiger partial charge < -0.3 is 9.32 Å². The smallest absolute Gasteiger partial charge is 0.301 e. The Hall–Kier alpha value is -2.42. The maximum absolute atomic E-state index is 12.1. The van der Waals surface area contributed by atoms with Crippen LogP contribution in [0.3, 0.4) is 0 Å². The lowest BCUT2D eigenvalue weighted by molar-refractivity contribution is 0.0660. The predicted octanol–water partition coefficient (Wildman–Crippen LogP) is 3.46. The molecule has 0 aliphatic carbocycles. The molecule has 0 radical (unpaired) electrons. The Bertz CT molecular complexity index is 988. The number of carbonyl (C=O) groups excluding carboxylic acids is 1. The number of anilines is 1. The largest absolute Gasteiger partial charge is 0.459 e. The number of nitrogens with zero attached hydrogens (tertiary/aromatic N) is 4. The highest BCUT2D eigenvalue weighted by Gasteiger charge is 2.24. The maximum atomic E-state index is 12.1. The number of hydrogen-bond acceptors (Lipinski definition) is 7. The molecule has 2 fully saturated rings. The summed E-state index contributed by atoms with van der Waals surface area (Å²) in [6.45, 7) is 7.27. The fraction of sp³-hybridized carbons (Fsp3) is 0.478. The molecule has 0 saturated carbocycles. The summed E-state index contributed by atoms with van der Waals surface area (Å²) in [5.74, 6) is 2.10. The second-order valence-corrected chi connectivity index (χ2v) is 9.27. The molecule has 0 unspecified atom stereocenters. The third-order valence-corrected chi connectivity index (χ3v) is 7.32. The molecule has 7 nitrogen and oxygen atoms in total. The molecule has 31 heavy (non-hydrogen) atoms. The molecule has 5 rings (SSSR count). The number of nitrogens with one attached hydrogen (secondary N) is 1. The Morgan fingerprint density at radius 2 is 1.87 bits per heavy atom. The van der Waals surface area contributed by atoms with Crippen LogP contribution >= 0.6 is 11.5 Å². The molecule has 1 amide bonds. The van der Waals surface area contributed by atoms with Crippen molar-refractivity contribution in [2.45, 2.75) is 19.3 Å². The third-order valence-electron chi connectivity index (χ3n) is 6.50. The van der Waals surface area contributed by atoms with E-state index in [2.05, 4.69) is 39.5 Å². The first-order chi connectivity index (χ1) is 15.3. The van der Waals surface area contributed by atoms with E-state index >= 15 is 0 Å². The van der Waals surface area contributed by atoms with Crippen LogP contribution in [-0.4, -0.2) is 66.0 Å². The number of benzene rings is 1. The number of hydrogen-bond donors (Lipinski definition) is 1. The van der Waals surface area contributed by atoms with Crippen LogP contribution in [-0.2, 0) is 0 Å². The molecule has 0 spiro atoms. The number of carbonyl (C=O) groups is 1. The Labute approximate surface area is 186 Å². The number of fused-ring (bicyclic) bond motifs is 1. The monoisotopic (exact) mass is 439 g/mol. The number of aromatic nitrogens is 1. The van der Waals surface area contributed by atoms with E-state index in [9.17, 15) is 4.79 Å². The lowest BCUT2D eigenvalue weighted by Gasteiger charge is -2.37. The van der Waals surface area contributed by atoms with E-state index in [0.29, 0.717) is 5.76 Å². The van der Waals surface area contributed by atoms with Gasteiger partial charge in [-0.15, -0.1) is 0 Å². The van der Waals surface area contributed by atoms with Gasteiger partial charge in [-0.25, -0.2) is 5.01 Å². The van der Waals surface area contributed by atoms with Crippen LogP contribution in [0.4, 0.5) is 5.82 Å². The van der Waals surface area contributed by atoms with Crippen molar-refractivity contribution in [2.75, 3.05) is 50.7 Å². The zero-order valence-corrected chi connectivity index (χ0v) is 18.5. The van der Waals surface area contributed by atoms with Gasteiger partial charge >= 0.3 is 5.91 Å². The van der Waals surface area contributed by atoms with Gasteiger partial charge in [-0.2, -0.15) is 4.37 Å². The zero-order chi connectivity index (χ0) is 21.0. The summed E-state index contributed by atoms with van der Waals surface area (Å²) in [4.78, 5) is 17.1. The minimum Gasteiger partial charge on any atom is -0.459 e. The highest BCUT2D eigenvalue weighted by atomic mass is 32.1. The number of rotatable bonds is 6. The maximum Gasteiger partial charge on any atom is 0.301 e. The number of amides is 1. The Kier molecular flexibility index (Phi) is 6.20. The van der Waals surface area contributed by atoms with Crippen LogP contribution in [0.25, 0.3) is 10.1 Å². The summed E-state index contributed by atoms with van der Waals surface area (Å²) < 4.78 is 11.2.